The molecule has 1 aromatic carbocycles. The van der Waals surface area contributed by atoms with Crippen molar-refractivity contribution < 1.29 is 4.39 Å². The molecule has 0 aliphatic rings. The lowest BCUT2D eigenvalue weighted by Crippen LogP contribution is -2.18. The second-order valence-corrected chi connectivity index (χ2v) is 6.11. The van der Waals surface area contributed by atoms with Crippen LogP contribution in [0.1, 0.15) is 31.3 Å². The van der Waals surface area contributed by atoms with E-state index in [2.05, 4.69) is 45.3 Å². The molecular formula is C13H15BrFN3S. The lowest BCUT2D eigenvalue weighted by atomic mass is 10.2. The van der Waals surface area contributed by atoms with E-state index in [1.807, 2.05) is 0 Å². The minimum Gasteiger partial charge on any atom is -0.308 e. The Morgan fingerprint density at radius 1 is 1.42 bits per heavy atom. The molecule has 1 N–H and O–H groups in total. The monoisotopic (exact) mass is 343 g/mol. The van der Waals surface area contributed by atoms with Gasteiger partial charge in [0.15, 0.2) is 0 Å². The Balaban J connectivity index is 2.20. The van der Waals surface area contributed by atoms with Crippen molar-refractivity contribution in [2.75, 3.05) is 6.54 Å². The summed E-state index contributed by atoms with van der Waals surface area (Å²) in [6.07, 6.45) is 1.08. The van der Waals surface area contributed by atoms with Gasteiger partial charge >= 0.3 is 0 Å². The number of nitrogens with zero attached hydrogens (tertiary/aromatic N) is 2. The quantitative estimate of drug-likeness (QED) is 0.885. The van der Waals surface area contributed by atoms with Crippen molar-refractivity contribution in [2.24, 2.45) is 0 Å². The molecule has 0 spiro atoms. The SMILES string of the molecule is CCCNC(C)c1nnc(-c2ccc(F)cc2Br)s1. The molecule has 0 aliphatic carbocycles. The molecule has 0 saturated heterocycles. The predicted octanol–water partition coefficient (Wildman–Crippen LogP) is 4.17. The number of halogens is 2. The van der Waals surface area contributed by atoms with Crippen LogP contribution in [0.4, 0.5) is 4.39 Å². The molecule has 0 aliphatic heterocycles. The summed E-state index contributed by atoms with van der Waals surface area (Å²) in [5.41, 5.74) is 0.868. The summed E-state index contributed by atoms with van der Waals surface area (Å²) in [5.74, 6) is -0.265. The van der Waals surface area contributed by atoms with E-state index in [0.717, 1.165) is 28.5 Å². The van der Waals surface area contributed by atoms with Gasteiger partial charge in [0, 0.05) is 10.0 Å². The lowest BCUT2D eigenvalue weighted by molar-refractivity contribution is 0.564. The maximum Gasteiger partial charge on any atom is 0.148 e. The van der Waals surface area contributed by atoms with Gasteiger partial charge in [0.1, 0.15) is 15.8 Å². The fourth-order valence-corrected chi connectivity index (χ4v) is 3.21. The van der Waals surface area contributed by atoms with E-state index in [4.69, 9.17) is 0 Å². The van der Waals surface area contributed by atoms with Crippen molar-refractivity contribution in [1.29, 1.82) is 0 Å². The summed E-state index contributed by atoms with van der Waals surface area (Å²) < 4.78 is 13.8. The highest BCUT2D eigenvalue weighted by atomic mass is 79.9. The molecule has 0 bridgehead atoms. The Kier molecular flexibility index (Phi) is 5.01. The van der Waals surface area contributed by atoms with Crippen LogP contribution < -0.4 is 5.32 Å². The summed E-state index contributed by atoms with van der Waals surface area (Å²) >= 11 is 4.88. The molecule has 0 amide bonds. The highest BCUT2D eigenvalue weighted by Gasteiger charge is 2.14. The van der Waals surface area contributed by atoms with Crippen LogP contribution in [-0.4, -0.2) is 16.7 Å². The van der Waals surface area contributed by atoms with Gasteiger partial charge in [-0.3, -0.25) is 0 Å². The Morgan fingerprint density at radius 2 is 2.21 bits per heavy atom. The fourth-order valence-electron chi connectivity index (χ4n) is 1.63. The average Bonchev–Trinajstić information content (AvgIpc) is 2.85. The molecule has 0 saturated carbocycles. The molecular weight excluding hydrogens is 329 g/mol. The molecule has 19 heavy (non-hydrogen) atoms. The van der Waals surface area contributed by atoms with Crippen LogP contribution >= 0.6 is 27.3 Å². The van der Waals surface area contributed by atoms with Crippen molar-refractivity contribution in [3.63, 3.8) is 0 Å². The van der Waals surface area contributed by atoms with Crippen molar-refractivity contribution in [1.82, 2.24) is 15.5 Å². The largest absolute Gasteiger partial charge is 0.308 e. The van der Waals surface area contributed by atoms with E-state index >= 15 is 0 Å². The first-order valence-corrected chi connectivity index (χ1v) is 7.75. The molecule has 1 aromatic heterocycles. The van der Waals surface area contributed by atoms with Gasteiger partial charge in [0.2, 0.25) is 0 Å². The van der Waals surface area contributed by atoms with Gasteiger partial charge in [-0.1, -0.05) is 18.3 Å². The Bertz CT molecular complexity index is 559. The summed E-state index contributed by atoms with van der Waals surface area (Å²) in [5, 5.41) is 13.5. The van der Waals surface area contributed by atoms with Crippen LogP contribution in [-0.2, 0) is 0 Å². The van der Waals surface area contributed by atoms with Crippen LogP contribution in [0.3, 0.4) is 0 Å². The zero-order chi connectivity index (χ0) is 13.8. The zero-order valence-electron chi connectivity index (χ0n) is 10.8. The van der Waals surface area contributed by atoms with E-state index < -0.39 is 0 Å². The molecule has 6 heteroatoms. The van der Waals surface area contributed by atoms with Crippen LogP contribution in [0, 0.1) is 5.82 Å². The highest BCUT2D eigenvalue weighted by molar-refractivity contribution is 9.10. The van der Waals surface area contributed by atoms with Crippen molar-refractivity contribution in [2.45, 2.75) is 26.3 Å². The van der Waals surface area contributed by atoms with Gasteiger partial charge < -0.3 is 5.32 Å². The van der Waals surface area contributed by atoms with Gasteiger partial charge in [0.25, 0.3) is 0 Å². The van der Waals surface area contributed by atoms with E-state index in [0.29, 0.717) is 4.47 Å². The van der Waals surface area contributed by atoms with E-state index in [9.17, 15) is 4.39 Å². The third-order valence-electron chi connectivity index (χ3n) is 2.67. The number of nitrogens with one attached hydrogen (secondary N) is 1. The number of benzene rings is 1. The lowest BCUT2D eigenvalue weighted by Gasteiger charge is -2.08. The van der Waals surface area contributed by atoms with Crippen LogP contribution in [0.25, 0.3) is 10.6 Å². The molecule has 3 nitrogen and oxygen atoms in total. The number of rotatable bonds is 5. The molecule has 0 fully saturated rings. The first-order chi connectivity index (χ1) is 9.11. The summed E-state index contributed by atoms with van der Waals surface area (Å²) in [4.78, 5) is 0. The van der Waals surface area contributed by atoms with Crippen LogP contribution in [0.15, 0.2) is 22.7 Å². The second kappa shape index (κ2) is 6.54. The zero-order valence-corrected chi connectivity index (χ0v) is 13.2. The molecule has 102 valence electrons. The second-order valence-electron chi connectivity index (χ2n) is 4.25. The van der Waals surface area contributed by atoms with Gasteiger partial charge in [-0.15, -0.1) is 10.2 Å². The summed E-state index contributed by atoms with van der Waals surface area (Å²) in [6.45, 7) is 5.15. The minimum atomic E-state index is -0.265. The number of hydrogen-bond donors (Lipinski definition) is 1. The Labute approximate surface area is 124 Å². The maximum atomic E-state index is 13.1. The van der Waals surface area contributed by atoms with Crippen molar-refractivity contribution in [3.8, 4) is 10.6 Å². The van der Waals surface area contributed by atoms with Crippen molar-refractivity contribution >= 4 is 27.3 Å². The maximum absolute atomic E-state index is 13.1. The van der Waals surface area contributed by atoms with Crippen LogP contribution in [0.5, 0.6) is 0 Å². The number of hydrogen-bond acceptors (Lipinski definition) is 4. The van der Waals surface area contributed by atoms with Gasteiger partial charge in [-0.05, 0) is 54.0 Å². The van der Waals surface area contributed by atoms with E-state index in [-0.39, 0.29) is 11.9 Å². The van der Waals surface area contributed by atoms with Crippen molar-refractivity contribution in [3.05, 3.63) is 33.5 Å². The normalized spacial score (nSPS) is 12.6. The third kappa shape index (κ3) is 3.58. The average molecular weight is 344 g/mol. The van der Waals surface area contributed by atoms with Gasteiger partial charge in [-0.2, -0.15) is 0 Å². The molecule has 0 radical (unpaired) electrons. The topological polar surface area (TPSA) is 37.8 Å². The molecule has 2 rings (SSSR count). The Hall–Kier alpha value is -0.850. The first kappa shape index (κ1) is 14.6. The third-order valence-corrected chi connectivity index (χ3v) is 4.47. The summed E-state index contributed by atoms with van der Waals surface area (Å²) in [6, 6.07) is 4.77. The Morgan fingerprint density at radius 3 is 2.89 bits per heavy atom. The fraction of sp³-hybridized carbons (Fsp3) is 0.385. The van der Waals surface area contributed by atoms with E-state index in [1.54, 1.807) is 6.07 Å². The standard InChI is InChI=1S/C13H15BrFN3S/c1-3-6-16-8(2)12-17-18-13(19-12)10-5-4-9(15)7-11(10)14/h4-5,7-8,16H,3,6H2,1-2H3. The highest BCUT2D eigenvalue weighted by Crippen LogP contribution is 2.32. The molecule has 2 aromatic rings. The van der Waals surface area contributed by atoms with Crippen LogP contribution in [0.2, 0.25) is 0 Å². The minimum absolute atomic E-state index is 0.186. The van der Waals surface area contributed by atoms with Gasteiger partial charge in [-0.25, -0.2) is 4.39 Å². The molecule has 1 heterocycles. The number of aromatic nitrogens is 2. The first-order valence-electron chi connectivity index (χ1n) is 6.14. The molecule has 1 unspecified atom stereocenters. The van der Waals surface area contributed by atoms with E-state index in [1.165, 1.54) is 23.5 Å². The smallest absolute Gasteiger partial charge is 0.148 e. The van der Waals surface area contributed by atoms with Gasteiger partial charge in [0.05, 0.1) is 6.04 Å². The molecule has 1 atom stereocenters. The predicted molar refractivity (Wildman–Crippen MR) is 79.7 cm³/mol. The summed E-state index contributed by atoms with van der Waals surface area (Å²) in [7, 11) is 0.